The quantitative estimate of drug-likeness (QED) is 0.782. The average molecular weight is 333 g/mol. The Kier molecular flexibility index (Phi) is 4.25. The lowest BCUT2D eigenvalue weighted by Crippen LogP contribution is -2.48. The highest BCUT2D eigenvalue weighted by Gasteiger charge is 2.36. The predicted molar refractivity (Wildman–Crippen MR) is 95.5 cm³/mol. The van der Waals surface area contributed by atoms with Crippen LogP contribution in [0.4, 0.5) is 5.69 Å². The monoisotopic (exact) mass is 332 g/mol. The molecule has 2 fully saturated rings. The van der Waals surface area contributed by atoms with Crippen LogP contribution in [0.15, 0.2) is 30.4 Å². The van der Waals surface area contributed by atoms with Crippen LogP contribution in [0.5, 0.6) is 5.75 Å². The molecule has 124 valence electrons. The highest BCUT2D eigenvalue weighted by molar-refractivity contribution is 6.30. The molecule has 2 bridgehead atoms. The van der Waals surface area contributed by atoms with Crippen LogP contribution in [0.1, 0.15) is 12.8 Å². The SMILES string of the molecule is COc1ccc(Cl)cc1N1CCN(CC2CC3C=CC2C3)CC1. The minimum atomic E-state index is 0.775. The molecule has 0 aromatic heterocycles. The van der Waals surface area contributed by atoms with E-state index in [4.69, 9.17) is 16.3 Å². The molecule has 4 rings (SSSR count). The standard InChI is InChI=1S/C19H25ClN2O/c1-23-19-5-4-17(20)12-18(19)22-8-6-21(7-9-22)13-16-11-14-2-3-15(16)10-14/h2-5,12,14-16H,6-11,13H2,1H3. The summed E-state index contributed by atoms with van der Waals surface area (Å²) in [7, 11) is 1.73. The Labute approximate surface area is 143 Å². The average Bonchev–Trinajstić information content (AvgIpc) is 3.18. The molecule has 0 radical (unpaired) electrons. The molecule has 3 nitrogen and oxygen atoms in total. The van der Waals surface area contributed by atoms with Gasteiger partial charge in [-0.3, -0.25) is 4.90 Å². The minimum absolute atomic E-state index is 0.775. The zero-order valence-corrected chi connectivity index (χ0v) is 14.5. The largest absolute Gasteiger partial charge is 0.495 e. The molecule has 0 N–H and O–H groups in total. The first-order valence-electron chi connectivity index (χ1n) is 8.72. The Bertz CT molecular complexity index is 595. The van der Waals surface area contributed by atoms with Gasteiger partial charge in [0.05, 0.1) is 12.8 Å². The number of piperazine rings is 1. The van der Waals surface area contributed by atoms with Gasteiger partial charge in [-0.25, -0.2) is 0 Å². The Hall–Kier alpha value is -1.19. The maximum atomic E-state index is 6.17. The van der Waals surface area contributed by atoms with Crippen molar-refractivity contribution in [2.45, 2.75) is 12.8 Å². The van der Waals surface area contributed by atoms with Crippen molar-refractivity contribution in [3.8, 4) is 5.75 Å². The van der Waals surface area contributed by atoms with Crippen LogP contribution in [-0.2, 0) is 0 Å². The van der Waals surface area contributed by atoms with E-state index in [2.05, 4.69) is 22.0 Å². The lowest BCUT2D eigenvalue weighted by atomic mass is 9.93. The van der Waals surface area contributed by atoms with Crippen molar-refractivity contribution in [2.24, 2.45) is 17.8 Å². The number of benzene rings is 1. The first kappa shape index (κ1) is 15.3. The molecule has 23 heavy (non-hydrogen) atoms. The summed E-state index contributed by atoms with van der Waals surface area (Å²) in [5, 5.41) is 0.775. The molecule has 4 heteroatoms. The van der Waals surface area contributed by atoms with Crippen LogP contribution in [0.3, 0.4) is 0 Å². The molecule has 2 aliphatic carbocycles. The van der Waals surface area contributed by atoms with Crippen LogP contribution < -0.4 is 9.64 Å². The third kappa shape index (κ3) is 3.09. The van der Waals surface area contributed by atoms with Crippen molar-refractivity contribution in [1.82, 2.24) is 4.90 Å². The van der Waals surface area contributed by atoms with Crippen LogP contribution in [0.25, 0.3) is 0 Å². The van der Waals surface area contributed by atoms with Crippen molar-refractivity contribution < 1.29 is 4.74 Å². The topological polar surface area (TPSA) is 15.7 Å². The summed E-state index contributed by atoms with van der Waals surface area (Å²) in [6, 6.07) is 5.88. The van der Waals surface area contributed by atoms with E-state index < -0.39 is 0 Å². The number of fused-ring (bicyclic) bond motifs is 2. The van der Waals surface area contributed by atoms with Gasteiger partial charge in [0.25, 0.3) is 0 Å². The van der Waals surface area contributed by atoms with E-state index >= 15 is 0 Å². The number of halogens is 1. The normalized spacial score (nSPS) is 30.2. The van der Waals surface area contributed by atoms with Gasteiger partial charge in [0.1, 0.15) is 5.75 Å². The first-order chi connectivity index (χ1) is 11.2. The Morgan fingerprint density at radius 1 is 1.13 bits per heavy atom. The van der Waals surface area contributed by atoms with E-state index in [1.807, 2.05) is 18.2 Å². The lowest BCUT2D eigenvalue weighted by molar-refractivity contribution is 0.204. The van der Waals surface area contributed by atoms with Gasteiger partial charge >= 0.3 is 0 Å². The maximum absolute atomic E-state index is 6.17. The van der Waals surface area contributed by atoms with E-state index in [0.29, 0.717) is 0 Å². The smallest absolute Gasteiger partial charge is 0.142 e. The van der Waals surface area contributed by atoms with Crippen LogP contribution in [0, 0.1) is 17.8 Å². The summed E-state index contributed by atoms with van der Waals surface area (Å²) in [6.45, 7) is 5.63. The molecule has 0 amide bonds. The zero-order chi connectivity index (χ0) is 15.8. The van der Waals surface area contributed by atoms with Crippen molar-refractivity contribution in [1.29, 1.82) is 0 Å². The van der Waals surface area contributed by atoms with E-state index in [1.54, 1.807) is 7.11 Å². The highest BCUT2D eigenvalue weighted by atomic mass is 35.5. The number of nitrogens with zero attached hydrogens (tertiary/aromatic N) is 2. The first-order valence-corrected chi connectivity index (χ1v) is 9.10. The number of anilines is 1. The summed E-state index contributed by atoms with van der Waals surface area (Å²) >= 11 is 6.17. The molecule has 3 atom stereocenters. The van der Waals surface area contributed by atoms with Gasteiger partial charge in [0.15, 0.2) is 0 Å². The third-order valence-electron chi connectivity index (χ3n) is 5.76. The van der Waals surface area contributed by atoms with E-state index in [0.717, 1.165) is 60.4 Å². The molecular formula is C19H25ClN2O. The number of allylic oxidation sites excluding steroid dienone is 2. The van der Waals surface area contributed by atoms with Crippen molar-refractivity contribution >= 4 is 17.3 Å². The van der Waals surface area contributed by atoms with Gasteiger partial charge in [-0.2, -0.15) is 0 Å². The second-order valence-corrected chi connectivity index (χ2v) is 7.58. The highest BCUT2D eigenvalue weighted by Crippen LogP contribution is 2.43. The second-order valence-electron chi connectivity index (χ2n) is 7.14. The molecule has 1 saturated carbocycles. The van der Waals surface area contributed by atoms with Crippen LogP contribution >= 0.6 is 11.6 Å². The van der Waals surface area contributed by atoms with E-state index in [9.17, 15) is 0 Å². The summed E-state index contributed by atoms with van der Waals surface area (Å²) < 4.78 is 5.50. The molecule has 1 aliphatic heterocycles. The molecule has 0 spiro atoms. The van der Waals surface area contributed by atoms with Crippen LogP contribution in [0.2, 0.25) is 5.02 Å². The maximum Gasteiger partial charge on any atom is 0.142 e. The fraction of sp³-hybridized carbons (Fsp3) is 0.579. The Balaban J connectivity index is 1.36. The van der Waals surface area contributed by atoms with Gasteiger partial charge < -0.3 is 9.64 Å². The van der Waals surface area contributed by atoms with Gasteiger partial charge in [-0.05, 0) is 48.8 Å². The van der Waals surface area contributed by atoms with Crippen molar-refractivity contribution in [3.05, 3.63) is 35.4 Å². The molecule has 3 aliphatic rings. The molecule has 1 heterocycles. The number of ether oxygens (including phenoxy) is 1. The van der Waals surface area contributed by atoms with Gasteiger partial charge in [0, 0.05) is 37.7 Å². The number of hydrogen-bond acceptors (Lipinski definition) is 3. The zero-order valence-electron chi connectivity index (χ0n) is 13.7. The number of hydrogen-bond donors (Lipinski definition) is 0. The lowest BCUT2D eigenvalue weighted by Gasteiger charge is -2.38. The summed E-state index contributed by atoms with van der Waals surface area (Å²) in [5.74, 6) is 3.53. The molecular weight excluding hydrogens is 308 g/mol. The van der Waals surface area contributed by atoms with E-state index in [-0.39, 0.29) is 0 Å². The molecule has 1 aromatic carbocycles. The number of methoxy groups -OCH3 is 1. The molecule has 3 unspecified atom stereocenters. The summed E-state index contributed by atoms with van der Waals surface area (Å²) in [6.07, 6.45) is 7.71. The fourth-order valence-electron chi connectivity index (χ4n) is 4.52. The second kappa shape index (κ2) is 6.37. The number of rotatable bonds is 4. The molecule has 1 aromatic rings. The fourth-order valence-corrected chi connectivity index (χ4v) is 4.68. The molecule has 1 saturated heterocycles. The van der Waals surface area contributed by atoms with Crippen molar-refractivity contribution in [2.75, 3.05) is 44.7 Å². The Morgan fingerprint density at radius 3 is 2.61 bits per heavy atom. The van der Waals surface area contributed by atoms with E-state index in [1.165, 1.54) is 19.4 Å². The van der Waals surface area contributed by atoms with Gasteiger partial charge in [-0.15, -0.1) is 0 Å². The summed E-state index contributed by atoms with van der Waals surface area (Å²) in [5.41, 5.74) is 1.13. The van der Waals surface area contributed by atoms with Gasteiger partial charge in [0.2, 0.25) is 0 Å². The Morgan fingerprint density at radius 2 is 1.96 bits per heavy atom. The summed E-state index contributed by atoms with van der Waals surface area (Å²) in [4.78, 5) is 5.05. The van der Waals surface area contributed by atoms with Gasteiger partial charge in [-0.1, -0.05) is 23.8 Å². The minimum Gasteiger partial charge on any atom is -0.495 e. The van der Waals surface area contributed by atoms with Crippen LogP contribution in [-0.4, -0.2) is 44.7 Å². The third-order valence-corrected chi connectivity index (χ3v) is 6.00. The van der Waals surface area contributed by atoms with Crippen molar-refractivity contribution in [3.63, 3.8) is 0 Å². The predicted octanol–water partition coefficient (Wildman–Crippen LogP) is 3.68.